The lowest BCUT2D eigenvalue weighted by Crippen LogP contribution is -2.45. The van der Waals surface area contributed by atoms with E-state index >= 15 is 0 Å². The smallest absolute Gasteiger partial charge is 0.171 e. The first-order chi connectivity index (χ1) is 7.12. The van der Waals surface area contributed by atoms with Crippen LogP contribution >= 0.6 is 0 Å². The maximum atomic E-state index is 6.03. The van der Waals surface area contributed by atoms with Crippen LogP contribution in [0.25, 0.3) is 0 Å². The van der Waals surface area contributed by atoms with Gasteiger partial charge in [-0.2, -0.15) is 0 Å². The Labute approximate surface area is 91.1 Å². The number of fused-ring (bicyclic) bond motifs is 2. The van der Waals surface area contributed by atoms with Gasteiger partial charge in [-0.3, -0.25) is 0 Å². The Kier molecular flexibility index (Phi) is 2.14. The highest BCUT2D eigenvalue weighted by Crippen LogP contribution is 2.51. The number of rotatable bonds is 1. The van der Waals surface area contributed by atoms with E-state index in [-0.39, 0.29) is 5.79 Å². The van der Waals surface area contributed by atoms with Crippen molar-refractivity contribution >= 4 is 0 Å². The Hall–Kier alpha value is -0.120. The van der Waals surface area contributed by atoms with Gasteiger partial charge in [-0.25, -0.2) is 0 Å². The zero-order valence-corrected chi connectivity index (χ0v) is 9.73. The van der Waals surface area contributed by atoms with E-state index in [9.17, 15) is 0 Å². The summed E-state index contributed by atoms with van der Waals surface area (Å²) >= 11 is 0. The zero-order valence-electron chi connectivity index (χ0n) is 9.73. The fraction of sp³-hybridized carbons (Fsp3) is 1.00. The minimum atomic E-state index is -0.381. The van der Waals surface area contributed by atoms with Gasteiger partial charge in [0.2, 0.25) is 0 Å². The van der Waals surface area contributed by atoms with Crippen LogP contribution in [-0.4, -0.2) is 31.2 Å². The molecule has 0 aliphatic carbocycles. The van der Waals surface area contributed by atoms with E-state index in [2.05, 4.69) is 20.8 Å². The first-order valence-corrected chi connectivity index (χ1v) is 6.05. The molecule has 2 bridgehead atoms. The molecule has 3 aliphatic rings. The van der Waals surface area contributed by atoms with Gasteiger partial charge in [-0.1, -0.05) is 13.8 Å². The van der Waals surface area contributed by atoms with Crippen LogP contribution < -0.4 is 0 Å². The predicted octanol–water partition coefficient (Wildman–Crippen LogP) is 1.81. The average Bonchev–Trinajstić information content (AvgIpc) is 2.86. The summed E-state index contributed by atoms with van der Waals surface area (Å²) in [6.45, 7) is 8.12. The zero-order chi connectivity index (χ0) is 10.6. The Morgan fingerprint density at radius 3 is 2.27 bits per heavy atom. The van der Waals surface area contributed by atoms with Gasteiger partial charge in [0.25, 0.3) is 0 Å². The number of hydrogen-bond donors (Lipinski definition) is 0. The average molecular weight is 212 g/mol. The summed E-state index contributed by atoms with van der Waals surface area (Å²) in [6, 6.07) is 0. The molecule has 3 rings (SSSR count). The summed E-state index contributed by atoms with van der Waals surface area (Å²) in [5.41, 5.74) is 0. The highest BCUT2D eigenvalue weighted by atomic mass is 16.7. The molecule has 0 N–H and O–H groups in total. The molecule has 0 aromatic heterocycles. The Morgan fingerprint density at radius 1 is 1.07 bits per heavy atom. The fourth-order valence-electron chi connectivity index (χ4n) is 3.46. The molecule has 3 aliphatic heterocycles. The first-order valence-electron chi connectivity index (χ1n) is 6.05. The van der Waals surface area contributed by atoms with Crippen molar-refractivity contribution in [3.8, 4) is 0 Å². The summed E-state index contributed by atoms with van der Waals surface area (Å²) in [7, 11) is 0. The summed E-state index contributed by atoms with van der Waals surface area (Å²) in [4.78, 5) is 0. The van der Waals surface area contributed by atoms with Crippen molar-refractivity contribution in [3.63, 3.8) is 0 Å². The standard InChI is InChI=1S/C12H20O3/c1-7-8(2)11-9(6-10(7)15-11)12(3)13-4-5-14-12/h7-11H,4-6H2,1-3H3. The van der Waals surface area contributed by atoms with Gasteiger partial charge in [-0.15, -0.1) is 0 Å². The molecule has 0 saturated carbocycles. The van der Waals surface area contributed by atoms with Crippen LogP contribution in [0.3, 0.4) is 0 Å². The third-order valence-electron chi connectivity index (χ3n) is 4.68. The van der Waals surface area contributed by atoms with Crippen molar-refractivity contribution < 1.29 is 14.2 Å². The fourth-order valence-corrected chi connectivity index (χ4v) is 3.46. The van der Waals surface area contributed by atoms with Crippen molar-refractivity contribution in [1.82, 2.24) is 0 Å². The molecule has 3 heteroatoms. The summed E-state index contributed by atoms with van der Waals surface area (Å²) in [5.74, 6) is 1.37. The second-order valence-electron chi connectivity index (χ2n) is 5.41. The normalized spacial score (nSPS) is 52.6. The van der Waals surface area contributed by atoms with E-state index in [1.54, 1.807) is 0 Å². The van der Waals surface area contributed by atoms with E-state index in [0.717, 1.165) is 19.6 Å². The van der Waals surface area contributed by atoms with Crippen molar-refractivity contribution in [3.05, 3.63) is 0 Å². The predicted molar refractivity (Wildman–Crippen MR) is 55.4 cm³/mol. The molecule has 3 fully saturated rings. The molecule has 0 radical (unpaired) electrons. The van der Waals surface area contributed by atoms with E-state index in [1.165, 1.54) is 0 Å². The molecule has 0 aromatic carbocycles. The van der Waals surface area contributed by atoms with E-state index in [1.807, 2.05) is 0 Å². The minimum absolute atomic E-state index is 0.341. The molecule has 0 amide bonds. The topological polar surface area (TPSA) is 27.7 Å². The number of hydrogen-bond acceptors (Lipinski definition) is 3. The monoisotopic (exact) mass is 212 g/mol. The van der Waals surface area contributed by atoms with Gasteiger partial charge in [0.1, 0.15) is 0 Å². The van der Waals surface area contributed by atoms with Crippen molar-refractivity contribution in [1.29, 1.82) is 0 Å². The number of ether oxygens (including phenoxy) is 3. The maximum absolute atomic E-state index is 6.03. The van der Waals surface area contributed by atoms with Gasteiger partial charge in [0, 0.05) is 5.92 Å². The van der Waals surface area contributed by atoms with Crippen LogP contribution in [0.4, 0.5) is 0 Å². The van der Waals surface area contributed by atoms with Crippen molar-refractivity contribution in [2.45, 2.75) is 45.2 Å². The molecule has 0 spiro atoms. The minimum Gasteiger partial charge on any atom is -0.374 e. The Balaban J connectivity index is 1.80. The van der Waals surface area contributed by atoms with Crippen LogP contribution in [0, 0.1) is 17.8 Å². The summed E-state index contributed by atoms with van der Waals surface area (Å²) in [6.07, 6.45) is 1.87. The van der Waals surface area contributed by atoms with Gasteiger partial charge < -0.3 is 14.2 Å². The maximum Gasteiger partial charge on any atom is 0.171 e. The lowest BCUT2D eigenvalue weighted by molar-refractivity contribution is -0.195. The van der Waals surface area contributed by atoms with Crippen LogP contribution in [0.5, 0.6) is 0 Å². The second-order valence-corrected chi connectivity index (χ2v) is 5.41. The third-order valence-corrected chi connectivity index (χ3v) is 4.68. The van der Waals surface area contributed by atoms with Gasteiger partial charge in [-0.05, 0) is 25.2 Å². The van der Waals surface area contributed by atoms with Gasteiger partial charge in [0.05, 0.1) is 25.4 Å². The molecule has 5 atom stereocenters. The molecule has 3 nitrogen and oxygen atoms in total. The highest BCUT2D eigenvalue weighted by Gasteiger charge is 2.57. The van der Waals surface area contributed by atoms with E-state index in [4.69, 9.17) is 14.2 Å². The lowest BCUT2D eigenvalue weighted by Gasteiger charge is -2.37. The molecular formula is C12H20O3. The van der Waals surface area contributed by atoms with Crippen molar-refractivity contribution in [2.75, 3.05) is 13.2 Å². The van der Waals surface area contributed by atoms with E-state index in [0.29, 0.717) is 30.0 Å². The third kappa shape index (κ3) is 1.30. The van der Waals surface area contributed by atoms with Gasteiger partial charge >= 0.3 is 0 Å². The molecule has 86 valence electrons. The molecular weight excluding hydrogens is 192 g/mol. The summed E-state index contributed by atoms with van der Waals surface area (Å²) < 4.78 is 17.5. The summed E-state index contributed by atoms with van der Waals surface area (Å²) in [5, 5.41) is 0. The Morgan fingerprint density at radius 2 is 1.73 bits per heavy atom. The quantitative estimate of drug-likeness (QED) is 0.663. The van der Waals surface area contributed by atoms with E-state index < -0.39 is 0 Å². The first kappa shape index (κ1) is 10.1. The molecule has 0 aromatic rings. The van der Waals surface area contributed by atoms with Crippen LogP contribution in [0.2, 0.25) is 0 Å². The van der Waals surface area contributed by atoms with Gasteiger partial charge in [0.15, 0.2) is 5.79 Å². The highest BCUT2D eigenvalue weighted by molar-refractivity contribution is 5.02. The molecule has 3 saturated heterocycles. The molecule has 5 unspecified atom stereocenters. The lowest BCUT2D eigenvalue weighted by atomic mass is 9.73. The van der Waals surface area contributed by atoms with Crippen molar-refractivity contribution in [2.24, 2.45) is 17.8 Å². The Bertz CT molecular complexity index is 258. The van der Waals surface area contributed by atoms with Crippen LogP contribution in [0.1, 0.15) is 27.2 Å². The largest absolute Gasteiger partial charge is 0.374 e. The molecule has 3 heterocycles. The molecule has 15 heavy (non-hydrogen) atoms. The van der Waals surface area contributed by atoms with Crippen LogP contribution in [-0.2, 0) is 14.2 Å². The second kappa shape index (κ2) is 3.19. The van der Waals surface area contributed by atoms with Crippen LogP contribution in [0.15, 0.2) is 0 Å². The SMILES string of the molecule is CC1C2CC(C3(C)OCCO3)C(O2)C1C.